The molecule has 2 rings (SSSR count). The van der Waals surface area contributed by atoms with Gasteiger partial charge in [0.15, 0.2) is 0 Å². The van der Waals surface area contributed by atoms with Gasteiger partial charge in [0.05, 0.1) is 6.61 Å². The van der Waals surface area contributed by atoms with Crippen molar-refractivity contribution in [1.82, 2.24) is 5.32 Å². The van der Waals surface area contributed by atoms with Gasteiger partial charge in [-0.2, -0.15) is 0 Å². The topological polar surface area (TPSA) is 38.3 Å². The molecular weight excluding hydrogens is 190 g/mol. The maximum Gasteiger partial charge on any atom is 0.221 e. The van der Waals surface area contributed by atoms with E-state index in [2.05, 4.69) is 5.32 Å². The summed E-state index contributed by atoms with van der Waals surface area (Å²) in [4.78, 5) is 11.1. The van der Waals surface area contributed by atoms with Crippen molar-refractivity contribution in [2.45, 2.75) is 32.1 Å². The number of hydrogen-bond donors (Lipinski definition) is 1. The average molecular weight is 205 g/mol. The summed E-state index contributed by atoms with van der Waals surface area (Å²) in [5.41, 5.74) is 1.14. The minimum Gasteiger partial charge on any atom is -0.354 e. The van der Waals surface area contributed by atoms with Crippen molar-refractivity contribution < 1.29 is 9.53 Å². The molecule has 3 nitrogen and oxygen atoms in total. The van der Waals surface area contributed by atoms with Gasteiger partial charge in [0.2, 0.25) is 5.91 Å². The highest BCUT2D eigenvalue weighted by molar-refractivity contribution is 5.76. The van der Waals surface area contributed by atoms with Crippen LogP contribution >= 0.6 is 0 Å². The fourth-order valence-electron chi connectivity index (χ4n) is 1.67. The summed E-state index contributed by atoms with van der Waals surface area (Å²) in [6.45, 7) is 0.561. The molecule has 1 unspecified atom stereocenters. The molecule has 80 valence electrons. The molecule has 0 aromatic heterocycles. The predicted molar refractivity (Wildman–Crippen MR) is 57.0 cm³/mol. The summed E-state index contributed by atoms with van der Waals surface area (Å²) >= 11 is 0. The largest absolute Gasteiger partial charge is 0.354 e. The molecule has 0 radical (unpaired) electrons. The smallest absolute Gasteiger partial charge is 0.221 e. The molecule has 1 atom stereocenters. The first kappa shape index (κ1) is 10.2. The number of ether oxygens (including phenoxy) is 1. The second-order valence-electron chi connectivity index (χ2n) is 3.74. The van der Waals surface area contributed by atoms with Crippen LogP contribution in [0.15, 0.2) is 30.3 Å². The minimum atomic E-state index is -0.105. The first-order chi connectivity index (χ1) is 7.34. The molecule has 1 aliphatic rings. The van der Waals surface area contributed by atoms with Crippen LogP contribution in [0.4, 0.5) is 0 Å². The van der Waals surface area contributed by atoms with E-state index in [4.69, 9.17) is 4.74 Å². The number of nitrogens with one attached hydrogen (secondary N) is 1. The van der Waals surface area contributed by atoms with Crippen molar-refractivity contribution in [3.05, 3.63) is 35.9 Å². The van der Waals surface area contributed by atoms with Crippen molar-refractivity contribution in [3.8, 4) is 0 Å². The molecule has 0 bridgehead atoms. The van der Waals surface area contributed by atoms with E-state index in [1.54, 1.807) is 0 Å². The first-order valence-corrected chi connectivity index (χ1v) is 5.29. The third kappa shape index (κ3) is 3.06. The highest BCUT2D eigenvalue weighted by Gasteiger charge is 2.17. The Morgan fingerprint density at radius 1 is 1.33 bits per heavy atom. The summed E-state index contributed by atoms with van der Waals surface area (Å²) in [5.74, 6) is 0.0966. The zero-order valence-corrected chi connectivity index (χ0v) is 8.61. The molecule has 0 saturated carbocycles. The van der Waals surface area contributed by atoms with Gasteiger partial charge in [-0.05, 0) is 18.4 Å². The second kappa shape index (κ2) is 4.94. The number of amides is 1. The van der Waals surface area contributed by atoms with E-state index in [0.29, 0.717) is 13.0 Å². The molecule has 0 aliphatic carbocycles. The fraction of sp³-hybridized carbons (Fsp3) is 0.417. The average Bonchev–Trinajstić information content (AvgIpc) is 2.28. The van der Waals surface area contributed by atoms with Crippen molar-refractivity contribution in [3.63, 3.8) is 0 Å². The van der Waals surface area contributed by atoms with Gasteiger partial charge in [-0.15, -0.1) is 0 Å². The lowest BCUT2D eigenvalue weighted by molar-refractivity contribution is -0.129. The Hall–Kier alpha value is -1.35. The number of rotatable bonds is 3. The molecule has 1 fully saturated rings. The Morgan fingerprint density at radius 2 is 2.13 bits per heavy atom. The number of piperidine rings is 1. The molecule has 1 heterocycles. The molecule has 1 aromatic rings. The fourth-order valence-corrected chi connectivity index (χ4v) is 1.67. The Morgan fingerprint density at radius 3 is 2.87 bits per heavy atom. The lowest BCUT2D eigenvalue weighted by atomic mass is 10.1. The van der Waals surface area contributed by atoms with E-state index in [0.717, 1.165) is 18.4 Å². The molecular formula is C12H15NO2. The third-order valence-electron chi connectivity index (χ3n) is 2.49. The van der Waals surface area contributed by atoms with Crippen molar-refractivity contribution in [1.29, 1.82) is 0 Å². The van der Waals surface area contributed by atoms with Crippen LogP contribution in [0, 0.1) is 0 Å². The van der Waals surface area contributed by atoms with Crippen LogP contribution in [0.2, 0.25) is 0 Å². The minimum absolute atomic E-state index is 0.0966. The maximum atomic E-state index is 11.1. The maximum absolute atomic E-state index is 11.1. The quantitative estimate of drug-likeness (QED) is 0.817. The van der Waals surface area contributed by atoms with Crippen LogP contribution in [0.25, 0.3) is 0 Å². The summed E-state index contributed by atoms with van der Waals surface area (Å²) in [6, 6.07) is 9.98. The summed E-state index contributed by atoms with van der Waals surface area (Å²) in [7, 11) is 0. The molecule has 1 aliphatic heterocycles. The molecule has 1 aromatic carbocycles. The Labute approximate surface area is 89.4 Å². The van der Waals surface area contributed by atoms with Crippen LogP contribution in [0.5, 0.6) is 0 Å². The van der Waals surface area contributed by atoms with Gasteiger partial charge >= 0.3 is 0 Å². The number of benzene rings is 1. The van der Waals surface area contributed by atoms with E-state index in [1.807, 2.05) is 30.3 Å². The van der Waals surface area contributed by atoms with Gasteiger partial charge in [0.25, 0.3) is 0 Å². The number of carbonyl (C=O) groups excluding carboxylic acids is 1. The van der Waals surface area contributed by atoms with Gasteiger partial charge in [0.1, 0.15) is 6.23 Å². The van der Waals surface area contributed by atoms with Crippen LogP contribution in [-0.2, 0) is 16.1 Å². The lowest BCUT2D eigenvalue weighted by Crippen LogP contribution is -2.40. The normalized spacial score (nSPS) is 21.1. The van der Waals surface area contributed by atoms with Gasteiger partial charge in [-0.1, -0.05) is 30.3 Å². The standard InChI is InChI=1S/C12H15NO2/c14-11-7-4-8-12(13-11)15-9-10-5-2-1-3-6-10/h1-3,5-6,12H,4,7-9H2,(H,13,14). The first-order valence-electron chi connectivity index (χ1n) is 5.29. The van der Waals surface area contributed by atoms with E-state index < -0.39 is 0 Å². The second-order valence-corrected chi connectivity index (χ2v) is 3.74. The Bertz CT molecular complexity index is 324. The monoisotopic (exact) mass is 205 g/mol. The van der Waals surface area contributed by atoms with Gasteiger partial charge < -0.3 is 10.1 Å². The van der Waals surface area contributed by atoms with Crippen molar-refractivity contribution in [2.24, 2.45) is 0 Å². The van der Waals surface area contributed by atoms with Gasteiger partial charge in [0, 0.05) is 6.42 Å². The number of hydrogen-bond acceptors (Lipinski definition) is 2. The molecule has 3 heteroatoms. The summed E-state index contributed by atoms with van der Waals surface area (Å²) in [6.07, 6.45) is 2.36. The van der Waals surface area contributed by atoms with E-state index in [-0.39, 0.29) is 12.1 Å². The molecule has 15 heavy (non-hydrogen) atoms. The summed E-state index contributed by atoms with van der Waals surface area (Å²) in [5, 5.41) is 2.83. The lowest BCUT2D eigenvalue weighted by Gasteiger charge is -2.23. The molecule has 1 amide bonds. The zero-order valence-electron chi connectivity index (χ0n) is 8.61. The predicted octanol–water partition coefficient (Wildman–Crippen LogP) is 1.83. The van der Waals surface area contributed by atoms with E-state index >= 15 is 0 Å². The zero-order chi connectivity index (χ0) is 10.5. The van der Waals surface area contributed by atoms with Crippen molar-refractivity contribution in [2.75, 3.05) is 0 Å². The van der Waals surface area contributed by atoms with E-state index in [9.17, 15) is 4.79 Å². The van der Waals surface area contributed by atoms with E-state index in [1.165, 1.54) is 0 Å². The van der Waals surface area contributed by atoms with Crippen LogP contribution in [0.1, 0.15) is 24.8 Å². The number of carbonyl (C=O) groups is 1. The SMILES string of the molecule is O=C1CCCC(OCc2ccccc2)N1. The van der Waals surface area contributed by atoms with Crippen LogP contribution in [-0.4, -0.2) is 12.1 Å². The molecule has 1 N–H and O–H groups in total. The highest BCUT2D eigenvalue weighted by atomic mass is 16.5. The Kier molecular flexibility index (Phi) is 3.35. The molecule has 1 saturated heterocycles. The van der Waals surface area contributed by atoms with Gasteiger partial charge in [-0.3, -0.25) is 4.79 Å². The third-order valence-corrected chi connectivity index (χ3v) is 2.49. The molecule has 0 spiro atoms. The van der Waals surface area contributed by atoms with Gasteiger partial charge in [-0.25, -0.2) is 0 Å². The van der Waals surface area contributed by atoms with Crippen molar-refractivity contribution >= 4 is 5.91 Å². The Balaban J connectivity index is 1.80. The summed E-state index contributed by atoms with van der Waals surface area (Å²) < 4.78 is 5.61. The van der Waals surface area contributed by atoms with Crippen LogP contribution < -0.4 is 5.32 Å². The van der Waals surface area contributed by atoms with Crippen LogP contribution in [0.3, 0.4) is 0 Å². The highest BCUT2D eigenvalue weighted by Crippen LogP contribution is 2.11.